The van der Waals surface area contributed by atoms with Crippen LogP contribution in [0.15, 0.2) is 48.5 Å². The minimum atomic E-state index is -0.715. The topological polar surface area (TPSA) is 43.4 Å². The molecule has 0 fully saturated rings. The van der Waals surface area contributed by atoms with Crippen LogP contribution in [-0.4, -0.2) is 18.4 Å². The van der Waals surface area contributed by atoms with Crippen molar-refractivity contribution in [2.75, 3.05) is 6.61 Å². The zero-order chi connectivity index (χ0) is 23.8. The smallest absolute Gasteiger partial charge is 0.311 e. The van der Waals surface area contributed by atoms with E-state index in [0.29, 0.717) is 13.0 Å². The Morgan fingerprint density at radius 2 is 1.19 bits per heavy atom. The van der Waals surface area contributed by atoms with Crippen LogP contribution in [0.5, 0.6) is 0 Å². The molecule has 0 radical (unpaired) electrons. The summed E-state index contributed by atoms with van der Waals surface area (Å²) >= 11 is 0. The zero-order valence-corrected chi connectivity index (χ0v) is 20.8. The number of ether oxygens (including phenoxy) is 1. The number of benzene rings is 2. The quantitative estimate of drug-likeness (QED) is 0.453. The molecular formula is C28H40O3. The van der Waals surface area contributed by atoms with Crippen LogP contribution in [0, 0.1) is 10.8 Å². The summed E-state index contributed by atoms with van der Waals surface area (Å²) in [6, 6.07) is 16.6. The van der Waals surface area contributed by atoms with E-state index in [0.717, 1.165) is 0 Å². The van der Waals surface area contributed by atoms with Gasteiger partial charge in [0.1, 0.15) is 12.4 Å². The van der Waals surface area contributed by atoms with Crippen molar-refractivity contribution < 1.29 is 14.3 Å². The fourth-order valence-electron chi connectivity index (χ4n) is 4.10. The minimum absolute atomic E-state index is 0.0537. The molecule has 0 aromatic heterocycles. The molecule has 1 aliphatic carbocycles. The molecule has 0 spiro atoms. The average molecular weight is 425 g/mol. The second-order valence-electron chi connectivity index (χ2n) is 8.83. The van der Waals surface area contributed by atoms with E-state index in [1.165, 1.54) is 22.3 Å². The number of hydrogen-bond donors (Lipinski definition) is 0. The summed E-state index contributed by atoms with van der Waals surface area (Å²) in [6.45, 7) is 17.4. The lowest BCUT2D eigenvalue weighted by Gasteiger charge is -2.31. The number of rotatable bonds is 6. The van der Waals surface area contributed by atoms with Gasteiger partial charge in [-0.05, 0) is 49.4 Å². The molecule has 0 saturated heterocycles. The van der Waals surface area contributed by atoms with Gasteiger partial charge in [-0.3, -0.25) is 9.59 Å². The van der Waals surface area contributed by atoms with E-state index < -0.39 is 10.8 Å². The number of carbonyl (C=O) groups is 2. The predicted molar refractivity (Wildman–Crippen MR) is 130 cm³/mol. The highest BCUT2D eigenvalue weighted by atomic mass is 16.5. The van der Waals surface area contributed by atoms with E-state index in [2.05, 4.69) is 24.3 Å². The van der Waals surface area contributed by atoms with Crippen molar-refractivity contribution in [3.05, 3.63) is 59.7 Å². The molecule has 31 heavy (non-hydrogen) atoms. The third kappa shape index (κ3) is 6.06. The van der Waals surface area contributed by atoms with Crippen LogP contribution in [-0.2, 0) is 14.3 Å². The zero-order valence-electron chi connectivity index (χ0n) is 20.8. The van der Waals surface area contributed by atoms with E-state index in [-0.39, 0.29) is 17.7 Å². The summed E-state index contributed by atoms with van der Waals surface area (Å²) in [4.78, 5) is 24.7. The van der Waals surface area contributed by atoms with Gasteiger partial charge in [0, 0.05) is 11.3 Å². The SMILES string of the molecule is CC.CC.CC(=O)C(C)(C)CC(C)(C)C(=O)OCC1c2ccccc2-c2ccccc21. The van der Waals surface area contributed by atoms with E-state index >= 15 is 0 Å². The lowest BCUT2D eigenvalue weighted by molar-refractivity contribution is -0.156. The van der Waals surface area contributed by atoms with Crippen molar-refractivity contribution in [1.29, 1.82) is 0 Å². The summed E-state index contributed by atoms with van der Waals surface area (Å²) in [5, 5.41) is 0. The molecule has 1 aliphatic rings. The number of Topliss-reactive ketones (excluding diaryl/α,β-unsaturated/α-hetero) is 1. The summed E-state index contributed by atoms with van der Waals surface area (Å²) in [6.07, 6.45) is 0.464. The summed E-state index contributed by atoms with van der Waals surface area (Å²) in [7, 11) is 0. The van der Waals surface area contributed by atoms with Crippen LogP contribution in [0.4, 0.5) is 0 Å². The van der Waals surface area contributed by atoms with Crippen LogP contribution in [0.25, 0.3) is 11.1 Å². The monoisotopic (exact) mass is 424 g/mol. The molecule has 0 amide bonds. The highest BCUT2D eigenvalue weighted by molar-refractivity contribution is 5.84. The lowest BCUT2D eigenvalue weighted by atomic mass is 9.73. The fourth-order valence-corrected chi connectivity index (χ4v) is 4.10. The molecule has 0 heterocycles. The van der Waals surface area contributed by atoms with Gasteiger partial charge in [0.15, 0.2) is 0 Å². The average Bonchev–Trinajstić information content (AvgIpc) is 3.08. The van der Waals surface area contributed by atoms with E-state index in [1.807, 2.05) is 79.7 Å². The molecule has 0 bridgehead atoms. The molecule has 0 unspecified atom stereocenters. The molecule has 0 N–H and O–H groups in total. The van der Waals surface area contributed by atoms with Crippen molar-refractivity contribution in [3.8, 4) is 11.1 Å². The first-order valence-corrected chi connectivity index (χ1v) is 11.5. The van der Waals surface area contributed by atoms with Gasteiger partial charge in [-0.2, -0.15) is 0 Å². The van der Waals surface area contributed by atoms with Gasteiger partial charge in [0.05, 0.1) is 5.41 Å². The Hall–Kier alpha value is -2.42. The molecular weight excluding hydrogens is 384 g/mol. The van der Waals surface area contributed by atoms with Crippen molar-refractivity contribution in [2.45, 2.75) is 74.7 Å². The predicted octanol–water partition coefficient (Wildman–Crippen LogP) is 7.43. The van der Waals surface area contributed by atoms with Crippen molar-refractivity contribution >= 4 is 11.8 Å². The number of ketones is 1. The van der Waals surface area contributed by atoms with Crippen molar-refractivity contribution in [2.24, 2.45) is 10.8 Å². The van der Waals surface area contributed by atoms with Gasteiger partial charge in [0.2, 0.25) is 0 Å². The normalized spacial score (nSPS) is 12.4. The molecule has 3 rings (SSSR count). The first-order chi connectivity index (χ1) is 14.6. The van der Waals surface area contributed by atoms with E-state index in [1.54, 1.807) is 6.92 Å². The van der Waals surface area contributed by atoms with Crippen LogP contribution in [0.3, 0.4) is 0 Å². The first kappa shape index (κ1) is 26.6. The van der Waals surface area contributed by atoms with Gasteiger partial charge in [0.25, 0.3) is 0 Å². The molecule has 2 aromatic carbocycles. The van der Waals surface area contributed by atoms with Gasteiger partial charge in [-0.1, -0.05) is 90.1 Å². The molecule has 2 aromatic rings. The van der Waals surface area contributed by atoms with E-state index in [9.17, 15) is 9.59 Å². The Kier molecular flexibility index (Phi) is 9.68. The second-order valence-corrected chi connectivity index (χ2v) is 8.83. The largest absolute Gasteiger partial charge is 0.464 e. The highest BCUT2D eigenvalue weighted by Crippen LogP contribution is 2.45. The molecule has 170 valence electrons. The van der Waals surface area contributed by atoms with Crippen LogP contribution < -0.4 is 0 Å². The van der Waals surface area contributed by atoms with Crippen molar-refractivity contribution in [3.63, 3.8) is 0 Å². The Morgan fingerprint density at radius 3 is 1.61 bits per heavy atom. The number of fused-ring (bicyclic) bond motifs is 3. The Bertz CT molecular complexity index is 832. The van der Waals surface area contributed by atoms with Crippen molar-refractivity contribution in [1.82, 2.24) is 0 Å². The summed E-state index contributed by atoms with van der Waals surface area (Å²) < 4.78 is 5.78. The third-order valence-corrected chi connectivity index (χ3v) is 5.73. The standard InChI is InChI=1S/C24H28O3.2C2H6/c1-16(25)23(2,3)15-24(4,5)22(26)27-14-21-19-12-8-6-10-17(19)18-11-7-9-13-20(18)21;2*1-2/h6-13,21H,14-15H2,1-5H3;2*1-2H3. The van der Waals surface area contributed by atoms with Gasteiger partial charge in [-0.25, -0.2) is 0 Å². The molecule has 0 aliphatic heterocycles. The molecule has 3 heteroatoms. The summed E-state index contributed by atoms with van der Waals surface area (Å²) in [5.41, 5.74) is 3.57. The molecule has 0 atom stereocenters. The molecule has 3 nitrogen and oxygen atoms in total. The number of carbonyl (C=O) groups excluding carboxylic acids is 2. The lowest BCUT2D eigenvalue weighted by Crippen LogP contribution is -2.35. The third-order valence-electron chi connectivity index (χ3n) is 5.73. The van der Waals surface area contributed by atoms with Crippen LogP contribution in [0.2, 0.25) is 0 Å². The van der Waals surface area contributed by atoms with Crippen LogP contribution >= 0.6 is 0 Å². The number of hydrogen-bond acceptors (Lipinski definition) is 3. The van der Waals surface area contributed by atoms with E-state index in [4.69, 9.17) is 4.74 Å². The first-order valence-electron chi connectivity index (χ1n) is 11.5. The van der Waals surface area contributed by atoms with Crippen LogP contribution in [0.1, 0.15) is 85.8 Å². The highest BCUT2D eigenvalue weighted by Gasteiger charge is 2.39. The van der Waals surface area contributed by atoms with Gasteiger partial charge in [-0.15, -0.1) is 0 Å². The van der Waals surface area contributed by atoms with Gasteiger partial charge >= 0.3 is 5.97 Å². The Labute approximate surface area is 189 Å². The maximum Gasteiger partial charge on any atom is 0.311 e. The Balaban J connectivity index is 0.00000113. The molecule has 0 saturated carbocycles. The minimum Gasteiger partial charge on any atom is -0.464 e. The summed E-state index contributed by atoms with van der Waals surface area (Å²) in [5.74, 6) is -0.112. The maximum absolute atomic E-state index is 12.8. The van der Waals surface area contributed by atoms with Gasteiger partial charge < -0.3 is 4.74 Å². The second kappa shape index (κ2) is 11.3. The fraction of sp³-hybridized carbons (Fsp3) is 0.500. The maximum atomic E-state index is 12.8. The Morgan fingerprint density at radius 1 is 0.774 bits per heavy atom. The number of esters is 1.